The van der Waals surface area contributed by atoms with Crippen LogP contribution >= 0.6 is 0 Å². The van der Waals surface area contributed by atoms with Gasteiger partial charge in [-0.05, 0) is 12.5 Å². The highest BCUT2D eigenvalue weighted by Gasteiger charge is 1.94. The van der Waals surface area contributed by atoms with E-state index >= 15 is 0 Å². The van der Waals surface area contributed by atoms with Crippen LogP contribution in [0.15, 0.2) is 42.0 Å². The first-order valence-electron chi connectivity index (χ1n) is 4.83. The van der Waals surface area contributed by atoms with Gasteiger partial charge in [-0.3, -0.25) is 0 Å². The fourth-order valence-corrected chi connectivity index (χ4v) is 1.26. The van der Waals surface area contributed by atoms with Crippen molar-refractivity contribution in [3.05, 3.63) is 47.5 Å². The number of aliphatic carboxylic acids is 1. The summed E-state index contributed by atoms with van der Waals surface area (Å²) in [4.78, 5) is 10.3. The molecule has 1 aromatic rings. The van der Waals surface area contributed by atoms with Gasteiger partial charge in [-0.25, -0.2) is 4.79 Å². The standard InChI is InChI=1S/C12H15NO2/c1-10(7-12(14)15)8-13-9-11-5-3-2-4-6-11/h2-7,13H,8-9H2,1H3,(H,14,15)/b10-7-. The van der Waals surface area contributed by atoms with Crippen molar-refractivity contribution in [2.45, 2.75) is 13.5 Å². The predicted octanol–water partition coefficient (Wildman–Crippen LogP) is 1.81. The smallest absolute Gasteiger partial charge is 0.328 e. The number of hydrogen-bond acceptors (Lipinski definition) is 2. The summed E-state index contributed by atoms with van der Waals surface area (Å²) in [5, 5.41) is 11.7. The monoisotopic (exact) mass is 205 g/mol. The lowest BCUT2D eigenvalue weighted by molar-refractivity contribution is -0.131. The number of carboxylic acid groups (broad SMARTS) is 1. The molecule has 3 heteroatoms. The quantitative estimate of drug-likeness (QED) is 0.721. The van der Waals surface area contributed by atoms with Gasteiger partial charge in [0.25, 0.3) is 0 Å². The molecule has 0 fully saturated rings. The summed E-state index contributed by atoms with van der Waals surface area (Å²) in [6.45, 7) is 3.15. The second-order valence-corrected chi connectivity index (χ2v) is 3.42. The molecule has 0 saturated heterocycles. The first kappa shape index (κ1) is 11.5. The van der Waals surface area contributed by atoms with Crippen LogP contribution in [-0.2, 0) is 11.3 Å². The number of carbonyl (C=O) groups is 1. The third-order valence-corrected chi connectivity index (χ3v) is 1.95. The van der Waals surface area contributed by atoms with E-state index in [9.17, 15) is 4.79 Å². The van der Waals surface area contributed by atoms with E-state index in [4.69, 9.17) is 5.11 Å². The van der Waals surface area contributed by atoms with E-state index in [2.05, 4.69) is 5.32 Å². The summed E-state index contributed by atoms with van der Waals surface area (Å²) in [6, 6.07) is 10.00. The van der Waals surface area contributed by atoms with Gasteiger partial charge in [-0.1, -0.05) is 35.9 Å². The SMILES string of the molecule is C/C(=C/C(=O)O)CNCc1ccccc1. The zero-order valence-corrected chi connectivity index (χ0v) is 8.73. The summed E-state index contributed by atoms with van der Waals surface area (Å²) >= 11 is 0. The molecule has 0 aromatic heterocycles. The Balaban J connectivity index is 2.31. The van der Waals surface area contributed by atoms with Crippen molar-refractivity contribution in [1.29, 1.82) is 0 Å². The average Bonchev–Trinajstić information content (AvgIpc) is 2.18. The average molecular weight is 205 g/mol. The van der Waals surface area contributed by atoms with Gasteiger partial charge in [-0.2, -0.15) is 0 Å². The Hall–Kier alpha value is -1.61. The molecule has 0 aliphatic carbocycles. The molecular formula is C12H15NO2. The fraction of sp³-hybridized carbons (Fsp3) is 0.250. The largest absolute Gasteiger partial charge is 0.478 e. The zero-order chi connectivity index (χ0) is 11.1. The maximum atomic E-state index is 10.3. The number of hydrogen-bond donors (Lipinski definition) is 2. The molecule has 0 unspecified atom stereocenters. The topological polar surface area (TPSA) is 49.3 Å². The van der Waals surface area contributed by atoms with Gasteiger partial charge >= 0.3 is 5.97 Å². The second kappa shape index (κ2) is 5.98. The molecular weight excluding hydrogens is 190 g/mol. The van der Waals surface area contributed by atoms with Crippen molar-refractivity contribution in [1.82, 2.24) is 5.32 Å². The van der Waals surface area contributed by atoms with E-state index in [1.165, 1.54) is 11.6 Å². The van der Waals surface area contributed by atoms with Crippen LogP contribution in [0.5, 0.6) is 0 Å². The maximum absolute atomic E-state index is 10.3. The number of benzene rings is 1. The van der Waals surface area contributed by atoms with Crippen LogP contribution in [-0.4, -0.2) is 17.6 Å². The third-order valence-electron chi connectivity index (χ3n) is 1.95. The molecule has 0 aliphatic rings. The summed E-state index contributed by atoms with van der Waals surface area (Å²) in [7, 11) is 0. The highest BCUT2D eigenvalue weighted by atomic mass is 16.4. The Morgan fingerprint density at radius 1 is 1.40 bits per heavy atom. The van der Waals surface area contributed by atoms with Gasteiger partial charge < -0.3 is 10.4 Å². The first-order chi connectivity index (χ1) is 7.18. The highest BCUT2D eigenvalue weighted by molar-refractivity contribution is 5.80. The van der Waals surface area contributed by atoms with E-state index in [1.807, 2.05) is 30.3 Å². The van der Waals surface area contributed by atoms with Crippen molar-refractivity contribution < 1.29 is 9.90 Å². The van der Waals surface area contributed by atoms with E-state index in [-0.39, 0.29) is 0 Å². The molecule has 0 bridgehead atoms. The van der Waals surface area contributed by atoms with Crippen LogP contribution in [0.4, 0.5) is 0 Å². The summed E-state index contributed by atoms with van der Waals surface area (Å²) in [5.74, 6) is -0.894. The fourth-order valence-electron chi connectivity index (χ4n) is 1.26. The van der Waals surface area contributed by atoms with Gasteiger partial charge in [0.2, 0.25) is 0 Å². The molecule has 3 nitrogen and oxygen atoms in total. The van der Waals surface area contributed by atoms with E-state index < -0.39 is 5.97 Å². The Bertz CT molecular complexity index is 344. The first-order valence-corrected chi connectivity index (χ1v) is 4.83. The summed E-state index contributed by atoms with van der Waals surface area (Å²) < 4.78 is 0. The minimum absolute atomic E-state index is 0.598. The number of carboxylic acids is 1. The van der Waals surface area contributed by atoms with Gasteiger partial charge in [0.15, 0.2) is 0 Å². The van der Waals surface area contributed by atoms with Crippen LogP contribution in [0.25, 0.3) is 0 Å². The molecule has 0 saturated carbocycles. The van der Waals surface area contributed by atoms with Crippen molar-refractivity contribution in [2.75, 3.05) is 6.54 Å². The maximum Gasteiger partial charge on any atom is 0.328 e. The summed E-state index contributed by atoms with van der Waals surface area (Å²) in [5.41, 5.74) is 2.01. The predicted molar refractivity (Wildman–Crippen MR) is 59.5 cm³/mol. The van der Waals surface area contributed by atoms with E-state index in [0.717, 1.165) is 12.1 Å². The van der Waals surface area contributed by atoms with Gasteiger partial charge in [0, 0.05) is 19.2 Å². The molecule has 0 amide bonds. The molecule has 0 spiro atoms. The lowest BCUT2D eigenvalue weighted by Crippen LogP contribution is -2.16. The van der Waals surface area contributed by atoms with Crippen molar-refractivity contribution >= 4 is 5.97 Å². The van der Waals surface area contributed by atoms with Crippen LogP contribution in [0.1, 0.15) is 12.5 Å². The van der Waals surface area contributed by atoms with Crippen LogP contribution in [0.2, 0.25) is 0 Å². The van der Waals surface area contributed by atoms with Gasteiger partial charge in [0.05, 0.1) is 0 Å². The Morgan fingerprint density at radius 2 is 2.07 bits per heavy atom. The van der Waals surface area contributed by atoms with Crippen LogP contribution < -0.4 is 5.32 Å². The molecule has 0 radical (unpaired) electrons. The normalized spacial score (nSPS) is 11.4. The van der Waals surface area contributed by atoms with Gasteiger partial charge in [0.1, 0.15) is 0 Å². The molecule has 80 valence electrons. The molecule has 0 atom stereocenters. The molecule has 1 aromatic carbocycles. The van der Waals surface area contributed by atoms with Crippen LogP contribution in [0, 0.1) is 0 Å². The summed E-state index contributed by atoms with van der Waals surface area (Å²) in [6.07, 6.45) is 1.22. The molecule has 2 N–H and O–H groups in total. The molecule has 1 rings (SSSR count). The Labute approximate surface area is 89.4 Å². The second-order valence-electron chi connectivity index (χ2n) is 3.42. The van der Waals surface area contributed by atoms with E-state index in [1.54, 1.807) is 6.92 Å². The molecule has 15 heavy (non-hydrogen) atoms. The lowest BCUT2D eigenvalue weighted by Gasteiger charge is -2.04. The van der Waals surface area contributed by atoms with Crippen molar-refractivity contribution in [3.8, 4) is 0 Å². The third kappa shape index (κ3) is 4.98. The van der Waals surface area contributed by atoms with Crippen molar-refractivity contribution in [2.24, 2.45) is 0 Å². The minimum atomic E-state index is -0.894. The number of nitrogens with one attached hydrogen (secondary N) is 1. The zero-order valence-electron chi connectivity index (χ0n) is 8.73. The van der Waals surface area contributed by atoms with E-state index in [0.29, 0.717) is 6.54 Å². The highest BCUT2D eigenvalue weighted by Crippen LogP contribution is 1.98. The molecule has 0 aliphatic heterocycles. The lowest BCUT2D eigenvalue weighted by atomic mass is 10.2. The van der Waals surface area contributed by atoms with Crippen LogP contribution in [0.3, 0.4) is 0 Å². The van der Waals surface area contributed by atoms with Crippen molar-refractivity contribution in [3.63, 3.8) is 0 Å². The number of rotatable bonds is 5. The minimum Gasteiger partial charge on any atom is -0.478 e. The molecule has 0 heterocycles. The van der Waals surface area contributed by atoms with Gasteiger partial charge in [-0.15, -0.1) is 0 Å². The Kier molecular flexibility index (Phi) is 4.57. The Morgan fingerprint density at radius 3 is 2.67 bits per heavy atom.